The molecule has 0 aliphatic carbocycles. The van der Waals surface area contributed by atoms with E-state index in [0.717, 1.165) is 6.42 Å². The molecule has 0 spiro atoms. The summed E-state index contributed by atoms with van der Waals surface area (Å²) in [5.74, 6) is -6.17. The third kappa shape index (κ3) is 6.87. The third-order valence-electron chi connectivity index (χ3n) is 12.6. The van der Waals surface area contributed by atoms with Crippen LogP contribution in [0.4, 0.5) is 0 Å². The first-order valence-corrected chi connectivity index (χ1v) is 18.5. The van der Waals surface area contributed by atoms with Gasteiger partial charge in [-0.3, -0.25) is 4.79 Å². The second-order valence-electron chi connectivity index (χ2n) is 15.7. The van der Waals surface area contributed by atoms with Gasteiger partial charge in [0.05, 0.1) is 36.1 Å². The molecule has 270 valence electrons. The molecule has 0 saturated carbocycles. The lowest BCUT2D eigenvalue weighted by atomic mass is 9.71. The van der Waals surface area contributed by atoms with Crippen molar-refractivity contribution in [3.63, 3.8) is 0 Å². The summed E-state index contributed by atoms with van der Waals surface area (Å²) < 4.78 is 19.6. The topological polar surface area (TPSA) is 146 Å². The second-order valence-corrected chi connectivity index (χ2v) is 15.7. The Morgan fingerprint density at radius 3 is 2.09 bits per heavy atom. The minimum atomic E-state index is -1.64. The van der Waals surface area contributed by atoms with Gasteiger partial charge in [0, 0.05) is 41.9 Å². The lowest BCUT2D eigenvalue weighted by molar-refractivity contribution is -0.334. The zero-order valence-corrected chi connectivity index (χ0v) is 30.7. The van der Waals surface area contributed by atoms with Crippen molar-refractivity contribution in [3.8, 4) is 0 Å². The van der Waals surface area contributed by atoms with Crippen LogP contribution in [0.15, 0.2) is 0 Å². The Kier molecular flexibility index (Phi) is 13.0. The van der Waals surface area contributed by atoms with Crippen molar-refractivity contribution in [1.82, 2.24) is 0 Å². The molecule has 0 bridgehead atoms. The number of aliphatic hydroxyl groups is 5. The highest BCUT2D eigenvalue weighted by molar-refractivity contribution is 5.84. The fraction of sp³-hybridized carbons (Fsp3) is 0.973. The van der Waals surface area contributed by atoms with Gasteiger partial charge in [-0.1, -0.05) is 82.1 Å². The monoisotopic (exact) mass is 656 g/mol. The smallest absolute Gasteiger partial charge is 0.198 e. The van der Waals surface area contributed by atoms with Crippen molar-refractivity contribution in [2.24, 2.45) is 41.4 Å². The van der Waals surface area contributed by atoms with Gasteiger partial charge in [-0.05, 0) is 51.4 Å². The molecule has 16 atom stereocenters. The van der Waals surface area contributed by atoms with E-state index in [4.69, 9.17) is 14.2 Å². The molecule has 3 rings (SSSR count). The summed E-state index contributed by atoms with van der Waals surface area (Å²) in [6.45, 7) is 21.1. The second kappa shape index (κ2) is 15.1. The summed E-state index contributed by atoms with van der Waals surface area (Å²) in [5.41, 5.74) is -1.96. The van der Waals surface area contributed by atoms with Gasteiger partial charge in [-0.15, -0.1) is 0 Å². The van der Waals surface area contributed by atoms with Gasteiger partial charge >= 0.3 is 0 Å². The molecule has 0 amide bonds. The molecule has 0 unspecified atom stereocenters. The van der Waals surface area contributed by atoms with Crippen LogP contribution >= 0.6 is 0 Å². The van der Waals surface area contributed by atoms with Crippen LogP contribution in [0.5, 0.6) is 0 Å². The standard InChI is InChI=1S/C37H68O9/c1-12-17-28(38)35(16-5)20-22(7)37(43,46-35)34(11)19-21(6)32(44-34)26(14-3)30(40)23(8)29(39)24(9)33-27(15-4)31(41)25(10)36(42,45-33)18-13-2/h21-29,31-33,38-39,41-43H,12-20H2,1-11H3/t21-,22-,23+,24-,25+,26+,27+,28-,29+,31-,32-,33-,34-,35+,36-,37-/m0/s1. The third-order valence-corrected chi connectivity index (χ3v) is 12.6. The number of ether oxygens (including phenoxy) is 3. The number of aliphatic hydroxyl groups excluding tert-OH is 3. The molecular weight excluding hydrogens is 588 g/mol. The van der Waals surface area contributed by atoms with Crippen molar-refractivity contribution >= 4 is 5.78 Å². The zero-order valence-electron chi connectivity index (χ0n) is 30.7. The molecule has 9 nitrogen and oxygen atoms in total. The Morgan fingerprint density at radius 1 is 0.935 bits per heavy atom. The fourth-order valence-corrected chi connectivity index (χ4v) is 9.46. The number of hydrogen-bond donors (Lipinski definition) is 5. The van der Waals surface area contributed by atoms with E-state index in [-0.39, 0.29) is 23.5 Å². The maximum absolute atomic E-state index is 14.2. The lowest BCUT2D eigenvalue weighted by Crippen LogP contribution is -2.60. The summed E-state index contributed by atoms with van der Waals surface area (Å²) >= 11 is 0. The molecule has 9 heteroatoms. The first-order chi connectivity index (χ1) is 21.4. The first kappa shape index (κ1) is 39.8. The van der Waals surface area contributed by atoms with E-state index in [2.05, 4.69) is 0 Å². The van der Waals surface area contributed by atoms with Gasteiger partial charge in [-0.2, -0.15) is 0 Å². The van der Waals surface area contributed by atoms with E-state index in [1.54, 1.807) is 13.8 Å². The van der Waals surface area contributed by atoms with Gasteiger partial charge in [-0.25, -0.2) is 0 Å². The molecule has 3 aliphatic heterocycles. The van der Waals surface area contributed by atoms with Crippen LogP contribution in [-0.2, 0) is 19.0 Å². The summed E-state index contributed by atoms with van der Waals surface area (Å²) in [6, 6.07) is 0. The molecule has 0 radical (unpaired) electrons. The summed E-state index contributed by atoms with van der Waals surface area (Å²) in [5, 5.41) is 57.5. The molecule has 0 aromatic rings. The Bertz CT molecular complexity index is 1010. The van der Waals surface area contributed by atoms with Gasteiger partial charge in [0.2, 0.25) is 0 Å². The van der Waals surface area contributed by atoms with Gasteiger partial charge in [0.1, 0.15) is 11.4 Å². The van der Waals surface area contributed by atoms with E-state index in [1.807, 2.05) is 62.3 Å². The predicted octanol–water partition coefficient (Wildman–Crippen LogP) is 5.36. The molecular formula is C37H68O9. The SMILES string of the molecule is CCC[C@H](O)[C@@]1(CC)C[C@H](C)[C@@](O)([C@]2(C)C[C@H](C)[C@@H]([C@H](CC)C(=O)[C@H](C)[C@@H](O)[C@H](C)[C@@H]3O[C@@](O)(CCC)[C@H](C)[C@H](O)[C@H]3CC)O2)O1. The maximum Gasteiger partial charge on any atom is 0.198 e. The number of carbonyl (C=O) groups excluding carboxylic acids is 1. The lowest BCUT2D eigenvalue weighted by Gasteiger charge is -2.51. The molecule has 46 heavy (non-hydrogen) atoms. The predicted molar refractivity (Wildman–Crippen MR) is 178 cm³/mol. The highest BCUT2D eigenvalue weighted by Gasteiger charge is 2.67. The summed E-state index contributed by atoms with van der Waals surface area (Å²) in [4.78, 5) is 14.2. The van der Waals surface area contributed by atoms with Crippen molar-refractivity contribution in [2.45, 2.75) is 187 Å². The molecule has 5 N–H and O–H groups in total. The van der Waals surface area contributed by atoms with Crippen LogP contribution < -0.4 is 0 Å². The number of carbonyl (C=O) groups is 1. The minimum absolute atomic E-state index is 0.0653. The van der Waals surface area contributed by atoms with E-state index >= 15 is 0 Å². The molecule has 3 saturated heterocycles. The Labute approximate surface area is 278 Å². The Morgan fingerprint density at radius 2 is 1.57 bits per heavy atom. The molecule has 3 fully saturated rings. The first-order valence-electron chi connectivity index (χ1n) is 18.5. The molecule has 0 aromatic carbocycles. The summed E-state index contributed by atoms with van der Waals surface area (Å²) in [7, 11) is 0. The van der Waals surface area contributed by atoms with Crippen LogP contribution in [0.1, 0.15) is 134 Å². The van der Waals surface area contributed by atoms with E-state index in [1.165, 1.54) is 0 Å². The maximum atomic E-state index is 14.2. The minimum Gasteiger partial charge on any atom is -0.392 e. The van der Waals surface area contributed by atoms with Crippen LogP contribution in [-0.4, -0.2) is 84.6 Å². The number of ketones is 1. The molecule has 3 aliphatic rings. The van der Waals surface area contributed by atoms with Gasteiger partial charge in [0.25, 0.3) is 0 Å². The Hall–Kier alpha value is -0.650. The Balaban J connectivity index is 1.82. The van der Waals surface area contributed by atoms with Gasteiger partial charge in [0.15, 0.2) is 11.6 Å². The van der Waals surface area contributed by atoms with Crippen molar-refractivity contribution in [1.29, 1.82) is 0 Å². The van der Waals surface area contributed by atoms with Crippen molar-refractivity contribution < 1.29 is 44.5 Å². The van der Waals surface area contributed by atoms with Crippen LogP contribution in [0.2, 0.25) is 0 Å². The highest BCUT2D eigenvalue weighted by Crippen LogP contribution is 2.56. The van der Waals surface area contributed by atoms with E-state index < -0.39 is 77.0 Å². The van der Waals surface area contributed by atoms with E-state index in [9.17, 15) is 30.3 Å². The van der Waals surface area contributed by atoms with Gasteiger partial charge < -0.3 is 39.7 Å². The highest BCUT2D eigenvalue weighted by atomic mass is 16.7. The van der Waals surface area contributed by atoms with Crippen molar-refractivity contribution in [3.05, 3.63) is 0 Å². The largest absolute Gasteiger partial charge is 0.392 e. The average Bonchev–Trinajstić information content (AvgIpc) is 3.48. The molecule has 3 heterocycles. The van der Waals surface area contributed by atoms with Crippen LogP contribution in [0.25, 0.3) is 0 Å². The average molecular weight is 657 g/mol. The number of rotatable bonds is 15. The van der Waals surface area contributed by atoms with Crippen LogP contribution in [0.3, 0.4) is 0 Å². The number of hydrogen-bond acceptors (Lipinski definition) is 9. The quantitative estimate of drug-likeness (QED) is 0.157. The normalized spacial score (nSPS) is 44.9. The van der Waals surface area contributed by atoms with E-state index in [0.29, 0.717) is 51.4 Å². The van der Waals surface area contributed by atoms with Crippen molar-refractivity contribution in [2.75, 3.05) is 0 Å². The fourth-order valence-electron chi connectivity index (χ4n) is 9.46. The number of Topliss-reactive ketones (excluding diaryl/α,β-unsaturated/α-hetero) is 1. The van der Waals surface area contributed by atoms with Crippen LogP contribution in [0, 0.1) is 41.4 Å². The summed E-state index contributed by atoms with van der Waals surface area (Å²) in [6.07, 6.45) is 1.43. The molecule has 0 aromatic heterocycles. The zero-order chi connectivity index (χ0) is 35.0.